The maximum atomic E-state index is 12.8. The van der Waals surface area contributed by atoms with E-state index in [0.29, 0.717) is 11.1 Å². The fourth-order valence-corrected chi connectivity index (χ4v) is 2.92. The molecule has 1 unspecified atom stereocenters. The minimum absolute atomic E-state index is 0.0895. The first-order valence-corrected chi connectivity index (χ1v) is 8.81. The number of benzene rings is 3. The first-order valence-electron chi connectivity index (χ1n) is 8.81. The van der Waals surface area contributed by atoms with Crippen molar-refractivity contribution in [2.24, 2.45) is 0 Å². The van der Waals surface area contributed by atoms with Crippen LogP contribution in [0.25, 0.3) is 21.9 Å². The van der Waals surface area contributed by atoms with Gasteiger partial charge in [-0.15, -0.1) is 0 Å². The van der Waals surface area contributed by atoms with Crippen molar-refractivity contribution in [1.82, 2.24) is 5.32 Å². The molecule has 140 valence electrons. The molecule has 3 aromatic rings. The second-order valence-electron chi connectivity index (χ2n) is 6.60. The summed E-state index contributed by atoms with van der Waals surface area (Å²) < 4.78 is 38.3. The first kappa shape index (κ1) is 19.0. The standard InChI is InChI=1S/C22H20F3NO/c1-3-14(2)26-21(27)17-9-12-20-16(13-17)5-4-6-19(20)15-7-10-18(11-8-15)22(23,24)25/h4-14H,3H2,1-2H3,(H,26,27). The number of fused-ring (bicyclic) bond motifs is 1. The van der Waals surface area contributed by atoms with E-state index >= 15 is 0 Å². The number of amides is 1. The predicted molar refractivity (Wildman–Crippen MR) is 102 cm³/mol. The van der Waals surface area contributed by atoms with Gasteiger partial charge in [0.25, 0.3) is 5.91 Å². The molecule has 27 heavy (non-hydrogen) atoms. The third-order valence-corrected chi connectivity index (χ3v) is 4.66. The second kappa shape index (κ2) is 7.43. The zero-order valence-corrected chi connectivity index (χ0v) is 15.1. The summed E-state index contributed by atoms with van der Waals surface area (Å²) in [6.45, 7) is 3.95. The third kappa shape index (κ3) is 4.13. The van der Waals surface area contributed by atoms with E-state index in [2.05, 4.69) is 5.32 Å². The molecule has 0 aromatic heterocycles. The van der Waals surface area contributed by atoms with Gasteiger partial charge in [-0.1, -0.05) is 43.3 Å². The SMILES string of the molecule is CCC(C)NC(=O)c1ccc2c(-c3ccc(C(F)(F)F)cc3)cccc2c1. The average molecular weight is 371 g/mol. The molecule has 1 N–H and O–H groups in total. The van der Waals surface area contributed by atoms with Crippen molar-refractivity contribution in [3.05, 3.63) is 71.8 Å². The van der Waals surface area contributed by atoms with Crippen LogP contribution in [-0.4, -0.2) is 11.9 Å². The van der Waals surface area contributed by atoms with Crippen molar-refractivity contribution < 1.29 is 18.0 Å². The Balaban J connectivity index is 1.97. The fraction of sp³-hybridized carbons (Fsp3) is 0.227. The molecule has 0 spiro atoms. The predicted octanol–water partition coefficient (Wildman–Crippen LogP) is 6.05. The highest BCUT2D eigenvalue weighted by molar-refractivity contribution is 6.02. The molecule has 0 heterocycles. The van der Waals surface area contributed by atoms with Crippen molar-refractivity contribution >= 4 is 16.7 Å². The Bertz CT molecular complexity index is 961. The van der Waals surface area contributed by atoms with Crippen molar-refractivity contribution in [2.75, 3.05) is 0 Å². The minimum Gasteiger partial charge on any atom is -0.350 e. The van der Waals surface area contributed by atoms with Crippen molar-refractivity contribution in [3.63, 3.8) is 0 Å². The van der Waals surface area contributed by atoms with Crippen LogP contribution in [0.5, 0.6) is 0 Å². The molecule has 1 amide bonds. The topological polar surface area (TPSA) is 29.1 Å². The van der Waals surface area contributed by atoms with Crippen molar-refractivity contribution in [1.29, 1.82) is 0 Å². The van der Waals surface area contributed by atoms with Crippen LogP contribution in [0, 0.1) is 0 Å². The van der Waals surface area contributed by atoms with Crippen LogP contribution in [0.1, 0.15) is 36.2 Å². The number of rotatable bonds is 4. The van der Waals surface area contributed by atoms with Crippen LogP contribution in [0.3, 0.4) is 0 Å². The fourth-order valence-electron chi connectivity index (χ4n) is 2.92. The summed E-state index contributed by atoms with van der Waals surface area (Å²) >= 11 is 0. The van der Waals surface area contributed by atoms with E-state index in [1.807, 2.05) is 38.1 Å². The van der Waals surface area contributed by atoms with Gasteiger partial charge in [0, 0.05) is 11.6 Å². The van der Waals surface area contributed by atoms with Gasteiger partial charge in [-0.3, -0.25) is 4.79 Å². The Hall–Kier alpha value is -2.82. The maximum Gasteiger partial charge on any atom is 0.416 e. The van der Waals surface area contributed by atoms with E-state index in [1.54, 1.807) is 12.1 Å². The molecular weight excluding hydrogens is 351 g/mol. The number of alkyl halides is 3. The Morgan fingerprint density at radius 2 is 1.74 bits per heavy atom. The van der Waals surface area contributed by atoms with Crippen molar-refractivity contribution in [2.45, 2.75) is 32.5 Å². The molecule has 0 radical (unpaired) electrons. The Morgan fingerprint density at radius 1 is 1.04 bits per heavy atom. The molecule has 0 saturated heterocycles. The lowest BCUT2D eigenvalue weighted by Gasteiger charge is -2.13. The van der Waals surface area contributed by atoms with Gasteiger partial charge in [-0.05, 0) is 59.5 Å². The molecule has 5 heteroatoms. The summed E-state index contributed by atoms with van der Waals surface area (Å²) in [4.78, 5) is 12.3. The maximum absolute atomic E-state index is 12.8. The van der Waals surface area contributed by atoms with Crippen LogP contribution >= 0.6 is 0 Å². The van der Waals surface area contributed by atoms with E-state index in [0.717, 1.165) is 34.9 Å². The van der Waals surface area contributed by atoms with Gasteiger partial charge in [-0.25, -0.2) is 0 Å². The summed E-state index contributed by atoms with van der Waals surface area (Å²) in [6, 6.07) is 16.2. The average Bonchev–Trinajstić information content (AvgIpc) is 2.66. The normalized spacial score (nSPS) is 12.8. The Kier molecular flexibility index (Phi) is 5.22. The van der Waals surface area contributed by atoms with E-state index < -0.39 is 11.7 Å². The first-order chi connectivity index (χ1) is 12.8. The van der Waals surface area contributed by atoms with Gasteiger partial charge in [0.05, 0.1) is 5.56 Å². The van der Waals surface area contributed by atoms with Gasteiger partial charge in [-0.2, -0.15) is 13.2 Å². The molecule has 0 saturated carbocycles. The number of carbonyl (C=O) groups is 1. The summed E-state index contributed by atoms with van der Waals surface area (Å²) in [5.41, 5.74) is 1.42. The smallest absolute Gasteiger partial charge is 0.350 e. The van der Waals surface area contributed by atoms with Gasteiger partial charge in [0.2, 0.25) is 0 Å². The molecule has 0 fully saturated rings. The monoisotopic (exact) mass is 371 g/mol. The summed E-state index contributed by atoms with van der Waals surface area (Å²) in [5, 5.41) is 4.68. The molecule has 3 aromatic carbocycles. The summed E-state index contributed by atoms with van der Waals surface area (Å²) in [6.07, 6.45) is -3.51. The molecule has 1 atom stereocenters. The molecule has 0 aliphatic carbocycles. The molecule has 0 aliphatic rings. The number of hydrogen-bond acceptors (Lipinski definition) is 1. The second-order valence-corrected chi connectivity index (χ2v) is 6.60. The van der Waals surface area contributed by atoms with E-state index in [-0.39, 0.29) is 11.9 Å². The third-order valence-electron chi connectivity index (χ3n) is 4.66. The van der Waals surface area contributed by atoms with Crippen LogP contribution < -0.4 is 5.32 Å². The highest BCUT2D eigenvalue weighted by Crippen LogP contribution is 2.33. The Morgan fingerprint density at radius 3 is 2.37 bits per heavy atom. The van der Waals surface area contributed by atoms with Crippen molar-refractivity contribution in [3.8, 4) is 11.1 Å². The number of carbonyl (C=O) groups excluding carboxylic acids is 1. The van der Waals surface area contributed by atoms with Gasteiger partial charge < -0.3 is 5.32 Å². The largest absolute Gasteiger partial charge is 0.416 e. The van der Waals surface area contributed by atoms with Crippen LogP contribution in [0.15, 0.2) is 60.7 Å². The zero-order chi connectivity index (χ0) is 19.6. The van der Waals surface area contributed by atoms with Gasteiger partial charge in [0.1, 0.15) is 0 Å². The molecule has 0 bridgehead atoms. The Labute approximate surface area is 156 Å². The number of halogens is 3. The highest BCUT2D eigenvalue weighted by Gasteiger charge is 2.30. The highest BCUT2D eigenvalue weighted by atomic mass is 19.4. The van der Waals surface area contributed by atoms with E-state index in [4.69, 9.17) is 0 Å². The minimum atomic E-state index is -4.35. The lowest BCUT2D eigenvalue weighted by atomic mass is 9.96. The molecule has 0 aliphatic heterocycles. The van der Waals surface area contributed by atoms with Gasteiger partial charge in [0.15, 0.2) is 0 Å². The van der Waals surface area contributed by atoms with Crippen LogP contribution in [0.2, 0.25) is 0 Å². The number of hydrogen-bond donors (Lipinski definition) is 1. The lowest BCUT2D eigenvalue weighted by Crippen LogP contribution is -2.31. The summed E-state index contributed by atoms with van der Waals surface area (Å²) in [7, 11) is 0. The molecular formula is C22H20F3NO. The summed E-state index contributed by atoms with van der Waals surface area (Å²) in [5.74, 6) is -0.133. The molecule has 3 rings (SSSR count). The lowest BCUT2D eigenvalue weighted by molar-refractivity contribution is -0.137. The van der Waals surface area contributed by atoms with Gasteiger partial charge >= 0.3 is 6.18 Å². The van der Waals surface area contributed by atoms with E-state index in [9.17, 15) is 18.0 Å². The molecule has 2 nitrogen and oxygen atoms in total. The zero-order valence-electron chi connectivity index (χ0n) is 15.1. The number of nitrogens with one attached hydrogen (secondary N) is 1. The van der Waals surface area contributed by atoms with E-state index in [1.165, 1.54) is 12.1 Å². The van der Waals surface area contributed by atoms with Crippen LogP contribution in [-0.2, 0) is 6.18 Å². The quantitative estimate of drug-likeness (QED) is 0.594. The van der Waals surface area contributed by atoms with Crippen LogP contribution in [0.4, 0.5) is 13.2 Å².